The second-order valence-electron chi connectivity index (χ2n) is 3.19. The van der Waals surface area contributed by atoms with Gasteiger partial charge in [-0.05, 0) is 19.8 Å². The van der Waals surface area contributed by atoms with Crippen molar-refractivity contribution < 1.29 is 9.90 Å². The molecule has 0 aromatic rings. The quantitative estimate of drug-likeness (QED) is 0.115. The molecule has 0 heterocycles. The third kappa shape index (κ3) is 4.06. The highest BCUT2D eigenvalue weighted by Crippen LogP contribution is 2.11. The summed E-state index contributed by atoms with van der Waals surface area (Å²) in [5.41, 5.74) is 11.3. The summed E-state index contributed by atoms with van der Waals surface area (Å²) in [6.45, 7) is 1.90. The summed E-state index contributed by atoms with van der Waals surface area (Å²) in [7, 11) is 0. The van der Waals surface area contributed by atoms with Crippen LogP contribution in [0.1, 0.15) is 19.8 Å². The van der Waals surface area contributed by atoms with E-state index in [0.717, 1.165) is 0 Å². The van der Waals surface area contributed by atoms with E-state index in [1.54, 1.807) is 0 Å². The fourth-order valence-corrected chi connectivity index (χ4v) is 0.882. The molecule has 0 saturated heterocycles. The normalized spacial score (nSPS) is 14.4. The van der Waals surface area contributed by atoms with Crippen LogP contribution in [0.2, 0.25) is 0 Å². The van der Waals surface area contributed by atoms with Gasteiger partial charge in [0.1, 0.15) is 5.54 Å². The van der Waals surface area contributed by atoms with E-state index in [1.807, 2.05) is 0 Å². The Morgan fingerprint density at radius 3 is 2.50 bits per heavy atom. The lowest BCUT2D eigenvalue weighted by atomic mass is 9.97. The van der Waals surface area contributed by atoms with Crippen molar-refractivity contribution in [2.24, 2.45) is 22.3 Å². The molecule has 0 saturated carbocycles. The summed E-state index contributed by atoms with van der Waals surface area (Å²) in [4.78, 5) is 14.5. The van der Waals surface area contributed by atoms with Gasteiger partial charge in [-0.3, -0.25) is 15.6 Å². The number of rotatable bonds is 6. The molecule has 0 aromatic carbocycles. The van der Waals surface area contributed by atoms with E-state index in [4.69, 9.17) is 22.4 Å². The zero-order valence-corrected chi connectivity index (χ0v) is 8.16. The number of carboxylic acid groups (broad SMARTS) is 1. The summed E-state index contributed by atoms with van der Waals surface area (Å²) < 4.78 is 0. The predicted octanol–water partition coefficient (Wildman–Crippen LogP) is -1.65. The number of carboxylic acids is 1. The third-order valence-corrected chi connectivity index (χ3v) is 1.92. The zero-order valence-electron chi connectivity index (χ0n) is 8.16. The predicted molar refractivity (Wildman–Crippen MR) is 53.3 cm³/mol. The molecule has 82 valence electrons. The molecule has 0 aliphatic rings. The van der Waals surface area contributed by atoms with Gasteiger partial charge in [0.05, 0.1) is 0 Å². The molecule has 1 atom stereocenters. The molecule has 8 N–H and O–H groups in total. The molecule has 0 unspecified atom stereocenters. The molecule has 0 aliphatic carbocycles. The molecule has 0 amide bonds. The van der Waals surface area contributed by atoms with Crippen LogP contribution in [0.4, 0.5) is 0 Å². The first-order valence-corrected chi connectivity index (χ1v) is 4.19. The van der Waals surface area contributed by atoms with E-state index in [0.29, 0.717) is 19.4 Å². The van der Waals surface area contributed by atoms with Crippen LogP contribution in [-0.4, -0.2) is 29.1 Å². The maximum absolute atomic E-state index is 10.8. The maximum atomic E-state index is 10.8. The van der Waals surface area contributed by atoms with Crippen molar-refractivity contribution in [1.29, 1.82) is 0 Å². The number of aliphatic carboxylic acids is 1. The van der Waals surface area contributed by atoms with Crippen molar-refractivity contribution in [3.63, 3.8) is 0 Å². The van der Waals surface area contributed by atoms with Crippen molar-refractivity contribution in [2.45, 2.75) is 25.3 Å². The van der Waals surface area contributed by atoms with Crippen molar-refractivity contribution >= 4 is 11.9 Å². The summed E-state index contributed by atoms with van der Waals surface area (Å²) in [5, 5.41) is 8.81. The maximum Gasteiger partial charge on any atom is 0.324 e. The lowest BCUT2D eigenvalue weighted by Crippen LogP contribution is -2.53. The molecule has 0 fully saturated rings. The molecule has 0 aromatic heterocycles. The fraction of sp³-hybridized carbons (Fsp3) is 0.714. The number of hydrogen-bond donors (Lipinski definition) is 5. The first kappa shape index (κ1) is 12.7. The first-order valence-electron chi connectivity index (χ1n) is 4.19. The highest BCUT2D eigenvalue weighted by atomic mass is 16.4. The smallest absolute Gasteiger partial charge is 0.324 e. The fourth-order valence-electron chi connectivity index (χ4n) is 0.882. The summed E-state index contributed by atoms with van der Waals surface area (Å²) >= 11 is 0. The second-order valence-corrected chi connectivity index (χ2v) is 3.19. The first-order chi connectivity index (χ1) is 6.42. The Kier molecular flexibility index (Phi) is 4.89. The highest BCUT2D eigenvalue weighted by Gasteiger charge is 2.30. The van der Waals surface area contributed by atoms with E-state index >= 15 is 0 Å². The Hall–Kier alpha value is -1.34. The molecule has 0 radical (unpaired) electrons. The van der Waals surface area contributed by atoms with Crippen molar-refractivity contribution in [3.05, 3.63) is 0 Å². The number of nitrogens with one attached hydrogen (secondary N) is 1. The molecular weight excluding hydrogens is 186 g/mol. The van der Waals surface area contributed by atoms with E-state index < -0.39 is 11.5 Å². The largest absolute Gasteiger partial charge is 0.480 e. The van der Waals surface area contributed by atoms with Crippen LogP contribution >= 0.6 is 0 Å². The number of hydrazine groups is 1. The summed E-state index contributed by atoms with van der Waals surface area (Å²) in [5.74, 6) is 4.14. The minimum Gasteiger partial charge on any atom is -0.480 e. The van der Waals surface area contributed by atoms with Crippen LogP contribution in [0.15, 0.2) is 4.99 Å². The third-order valence-electron chi connectivity index (χ3n) is 1.92. The summed E-state index contributed by atoms with van der Waals surface area (Å²) in [6.07, 6.45) is 0.903. The lowest BCUT2D eigenvalue weighted by molar-refractivity contribution is -0.144. The highest BCUT2D eigenvalue weighted by molar-refractivity contribution is 5.78. The number of aliphatic imine (C=N–C) groups is 1. The van der Waals surface area contributed by atoms with Gasteiger partial charge in [0.15, 0.2) is 5.96 Å². The van der Waals surface area contributed by atoms with Crippen LogP contribution in [-0.2, 0) is 4.79 Å². The van der Waals surface area contributed by atoms with Gasteiger partial charge in [0.2, 0.25) is 0 Å². The van der Waals surface area contributed by atoms with Gasteiger partial charge >= 0.3 is 5.97 Å². The van der Waals surface area contributed by atoms with Crippen LogP contribution < -0.4 is 22.7 Å². The van der Waals surface area contributed by atoms with Crippen LogP contribution in [0.25, 0.3) is 0 Å². The SMILES string of the molecule is C[C@@](CCCN=C(N)N)(NN)C(=O)O. The summed E-state index contributed by atoms with van der Waals surface area (Å²) in [6, 6.07) is 0. The van der Waals surface area contributed by atoms with E-state index in [-0.39, 0.29) is 5.96 Å². The van der Waals surface area contributed by atoms with E-state index in [9.17, 15) is 4.79 Å². The Labute approximate surface area is 82.3 Å². The van der Waals surface area contributed by atoms with E-state index in [2.05, 4.69) is 10.4 Å². The van der Waals surface area contributed by atoms with Crippen molar-refractivity contribution in [2.75, 3.05) is 6.54 Å². The van der Waals surface area contributed by atoms with Gasteiger partial charge in [-0.25, -0.2) is 5.43 Å². The molecule has 0 bridgehead atoms. The average Bonchev–Trinajstić information content (AvgIpc) is 2.11. The van der Waals surface area contributed by atoms with Gasteiger partial charge in [-0.2, -0.15) is 0 Å². The van der Waals surface area contributed by atoms with Gasteiger partial charge in [-0.1, -0.05) is 0 Å². The lowest BCUT2D eigenvalue weighted by Gasteiger charge is -2.22. The van der Waals surface area contributed by atoms with Gasteiger partial charge in [0, 0.05) is 6.54 Å². The number of nitrogens with two attached hydrogens (primary N) is 3. The number of hydrogen-bond acceptors (Lipinski definition) is 4. The van der Waals surface area contributed by atoms with Crippen LogP contribution in [0.3, 0.4) is 0 Å². The Morgan fingerprint density at radius 1 is 1.57 bits per heavy atom. The van der Waals surface area contributed by atoms with E-state index in [1.165, 1.54) is 6.92 Å². The van der Waals surface area contributed by atoms with Crippen molar-refractivity contribution in [3.8, 4) is 0 Å². The average molecular weight is 203 g/mol. The number of carbonyl (C=O) groups is 1. The van der Waals surface area contributed by atoms with Crippen molar-refractivity contribution in [1.82, 2.24) is 5.43 Å². The molecule has 7 nitrogen and oxygen atoms in total. The molecule has 0 aliphatic heterocycles. The van der Waals surface area contributed by atoms with Crippen LogP contribution in [0.5, 0.6) is 0 Å². The van der Waals surface area contributed by atoms with Gasteiger partial charge < -0.3 is 16.6 Å². The van der Waals surface area contributed by atoms with Crippen LogP contribution in [0, 0.1) is 0 Å². The Morgan fingerprint density at radius 2 is 2.14 bits per heavy atom. The molecule has 0 spiro atoms. The zero-order chi connectivity index (χ0) is 11.2. The molecule has 14 heavy (non-hydrogen) atoms. The Balaban J connectivity index is 3.97. The Bertz CT molecular complexity index is 226. The molecule has 7 heteroatoms. The number of nitrogens with zero attached hydrogens (tertiary/aromatic N) is 1. The number of guanidine groups is 1. The topological polar surface area (TPSA) is 140 Å². The molecular formula is C7H17N5O2. The monoisotopic (exact) mass is 203 g/mol. The molecule has 0 rings (SSSR count). The minimum absolute atomic E-state index is 0.00253. The second kappa shape index (κ2) is 5.40. The van der Waals surface area contributed by atoms with Gasteiger partial charge in [-0.15, -0.1) is 0 Å². The van der Waals surface area contributed by atoms with Gasteiger partial charge in [0.25, 0.3) is 0 Å². The minimum atomic E-state index is -1.13. The standard InChI is InChI=1S/C7H17N5O2/c1-7(12-10,5(13)14)3-2-4-11-6(8)9/h12H,2-4,10H2,1H3,(H,13,14)(H4,8,9,11)/t7-/m0/s1.